The lowest BCUT2D eigenvalue weighted by molar-refractivity contribution is -0.385. The molecule has 2 aromatic rings. The van der Waals surface area contributed by atoms with Gasteiger partial charge < -0.3 is 10.4 Å². The third kappa shape index (κ3) is 2.67. The number of non-ortho nitro benzene ring substituents is 1. The molecule has 9 heteroatoms. The van der Waals surface area contributed by atoms with Gasteiger partial charge in [-0.2, -0.15) is 0 Å². The average Bonchev–Trinajstić information content (AvgIpc) is 2.80. The smallest absolute Gasteiger partial charge is 0.271 e. The maximum Gasteiger partial charge on any atom is 0.271 e. The largest absolute Gasteiger partial charge is 0.871 e. The first-order valence-electron chi connectivity index (χ1n) is 7.03. The zero-order chi connectivity index (χ0) is 18.3. The van der Waals surface area contributed by atoms with Crippen LogP contribution in [0.25, 0.3) is 0 Å². The number of amides is 3. The molecule has 126 valence electrons. The van der Waals surface area contributed by atoms with Crippen LogP contribution in [-0.2, 0) is 0 Å². The van der Waals surface area contributed by atoms with Crippen molar-refractivity contribution in [3.63, 3.8) is 0 Å². The topological polar surface area (TPSA) is 133 Å². The highest BCUT2D eigenvalue weighted by Crippen LogP contribution is 2.27. The quantitative estimate of drug-likeness (QED) is 0.506. The lowest BCUT2D eigenvalue weighted by Gasteiger charge is -2.14. The van der Waals surface area contributed by atoms with Crippen molar-refractivity contribution < 1.29 is 24.4 Å². The molecule has 1 aliphatic rings. The number of nitro groups is 1. The highest BCUT2D eigenvalue weighted by atomic mass is 16.6. The van der Waals surface area contributed by atoms with Gasteiger partial charge in [-0.05, 0) is 18.2 Å². The van der Waals surface area contributed by atoms with E-state index in [2.05, 4.69) is 5.32 Å². The molecule has 0 unspecified atom stereocenters. The van der Waals surface area contributed by atoms with Crippen LogP contribution in [0.5, 0.6) is 5.75 Å². The molecule has 3 amide bonds. The van der Waals surface area contributed by atoms with Gasteiger partial charge in [0.05, 0.1) is 16.1 Å². The molecule has 0 bridgehead atoms. The predicted octanol–water partition coefficient (Wildman–Crippen LogP) is 1.15. The van der Waals surface area contributed by atoms with E-state index in [0.29, 0.717) is 0 Å². The van der Waals surface area contributed by atoms with Gasteiger partial charge in [0.25, 0.3) is 23.4 Å². The number of rotatable bonds is 3. The molecule has 0 saturated heterocycles. The van der Waals surface area contributed by atoms with Crippen molar-refractivity contribution in [3.05, 3.63) is 63.2 Å². The molecular formula is C16H10N3O6-. The van der Waals surface area contributed by atoms with Crippen molar-refractivity contribution in [2.45, 2.75) is 0 Å². The minimum absolute atomic E-state index is 0.0427. The van der Waals surface area contributed by atoms with Crippen LogP contribution in [0.2, 0.25) is 0 Å². The molecule has 3 rings (SSSR count). The zero-order valence-electron chi connectivity index (χ0n) is 12.8. The number of fused-ring (bicyclic) bond motifs is 1. The summed E-state index contributed by atoms with van der Waals surface area (Å²) in [4.78, 5) is 47.1. The molecule has 1 N–H and O–H groups in total. The highest BCUT2D eigenvalue weighted by molar-refractivity contribution is 6.22. The summed E-state index contributed by atoms with van der Waals surface area (Å²) in [6.07, 6.45) is 0. The number of carbonyl (C=O) groups excluding carboxylic acids is 3. The first-order valence-corrected chi connectivity index (χ1v) is 7.03. The Bertz CT molecular complexity index is 953. The Morgan fingerprint density at radius 1 is 1.08 bits per heavy atom. The number of hydrogen-bond acceptors (Lipinski definition) is 6. The molecule has 0 aromatic heterocycles. The number of benzene rings is 2. The van der Waals surface area contributed by atoms with Crippen LogP contribution in [0, 0.1) is 10.1 Å². The van der Waals surface area contributed by atoms with Crippen LogP contribution in [0.4, 0.5) is 11.4 Å². The molecule has 0 spiro atoms. The summed E-state index contributed by atoms with van der Waals surface area (Å²) in [5.41, 5.74) is -0.281. The summed E-state index contributed by atoms with van der Waals surface area (Å²) < 4.78 is 0. The fourth-order valence-corrected chi connectivity index (χ4v) is 2.43. The molecule has 0 radical (unpaired) electrons. The van der Waals surface area contributed by atoms with E-state index < -0.39 is 28.4 Å². The minimum Gasteiger partial charge on any atom is -0.871 e. The number of nitrogens with one attached hydrogen (secondary N) is 1. The van der Waals surface area contributed by atoms with E-state index in [-0.39, 0.29) is 28.1 Å². The number of hydrogen-bond donors (Lipinski definition) is 1. The maximum atomic E-state index is 12.3. The van der Waals surface area contributed by atoms with Gasteiger partial charge in [-0.15, -0.1) is 0 Å². The van der Waals surface area contributed by atoms with Crippen LogP contribution >= 0.6 is 0 Å². The lowest BCUT2D eigenvalue weighted by Crippen LogP contribution is -2.24. The van der Waals surface area contributed by atoms with Crippen molar-refractivity contribution in [2.75, 3.05) is 12.4 Å². The van der Waals surface area contributed by atoms with E-state index >= 15 is 0 Å². The third-order valence-corrected chi connectivity index (χ3v) is 3.77. The first kappa shape index (κ1) is 16.1. The maximum absolute atomic E-state index is 12.3. The molecule has 25 heavy (non-hydrogen) atoms. The van der Waals surface area contributed by atoms with Gasteiger partial charge in [-0.1, -0.05) is 11.8 Å². The number of imide groups is 1. The lowest BCUT2D eigenvalue weighted by atomic mass is 10.1. The van der Waals surface area contributed by atoms with E-state index in [1.54, 1.807) is 0 Å². The normalized spacial score (nSPS) is 12.9. The van der Waals surface area contributed by atoms with E-state index in [1.807, 2.05) is 0 Å². The summed E-state index contributed by atoms with van der Waals surface area (Å²) in [5, 5.41) is 24.8. The summed E-state index contributed by atoms with van der Waals surface area (Å²) in [5.74, 6) is -2.32. The Balaban J connectivity index is 1.91. The molecular weight excluding hydrogens is 330 g/mol. The van der Waals surface area contributed by atoms with Gasteiger partial charge in [0.1, 0.15) is 0 Å². The van der Waals surface area contributed by atoms with Crippen molar-refractivity contribution >= 4 is 29.1 Å². The van der Waals surface area contributed by atoms with Crippen molar-refractivity contribution in [3.8, 4) is 5.75 Å². The summed E-state index contributed by atoms with van der Waals surface area (Å²) in [6, 6.07) is 6.90. The Morgan fingerprint density at radius 3 is 2.44 bits per heavy atom. The number of nitro benzene ring substituents is 1. The monoisotopic (exact) mass is 340 g/mol. The van der Waals surface area contributed by atoms with Gasteiger partial charge in [-0.3, -0.25) is 29.4 Å². The summed E-state index contributed by atoms with van der Waals surface area (Å²) in [6.45, 7) is 0. The molecule has 1 heterocycles. The second-order valence-electron chi connectivity index (χ2n) is 5.32. The molecule has 0 atom stereocenters. The van der Waals surface area contributed by atoms with Crippen molar-refractivity contribution in [2.24, 2.45) is 0 Å². The number of nitrogens with zero attached hydrogens (tertiary/aromatic N) is 2. The molecule has 0 saturated carbocycles. The second-order valence-corrected chi connectivity index (χ2v) is 5.32. The van der Waals surface area contributed by atoms with E-state index in [4.69, 9.17) is 0 Å². The standard InChI is InChI=1S/C16H11N3O6/c1-18-15(22)10-4-2-8(6-11(10)16(18)23)14(21)17-12-7-9(19(24)25)3-5-13(12)20/h2-7,20H,1H3,(H,17,21)/p-1. The van der Waals surface area contributed by atoms with Crippen molar-refractivity contribution in [1.29, 1.82) is 0 Å². The Labute approximate surface area is 140 Å². The van der Waals surface area contributed by atoms with Gasteiger partial charge in [0.2, 0.25) is 0 Å². The highest BCUT2D eigenvalue weighted by Gasteiger charge is 2.33. The predicted molar refractivity (Wildman–Crippen MR) is 83.4 cm³/mol. The van der Waals surface area contributed by atoms with E-state index in [0.717, 1.165) is 23.1 Å². The Kier molecular flexibility index (Phi) is 3.68. The Morgan fingerprint density at radius 2 is 1.76 bits per heavy atom. The van der Waals surface area contributed by atoms with Crippen LogP contribution in [0.15, 0.2) is 36.4 Å². The average molecular weight is 340 g/mol. The van der Waals surface area contributed by atoms with Crippen LogP contribution in [0.1, 0.15) is 31.1 Å². The molecule has 0 fully saturated rings. The first-order chi connectivity index (χ1) is 11.8. The van der Waals surface area contributed by atoms with Crippen LogP contribution < -0.4 is 10.4 Å². The van der Waals surface area contributed by atoms with Crippen molar-refractivity contribution in [1.82, 2.24) is 4.90 Å². The summed E-state index contributed by atoms with van der Waals surface area (Å²) >= 11 is 0. The van der Waals surface area contributed by atoms with E-state index in [9.17, 15) is 29.6 Å². The van der Waals surface area contributed by atoms with Gasteiger partial charge >= 0.3 is 0 Å². The SMILES string of the molecule is CN1C(=O)c2ccc(C(=O)Nc3cc([N+](=O)[O-])ccc3[O-])cc2C1=O. The van der Waals surface area contributed by atoms with Gasteiger partial charge in [0, 0.05) is 30.4 Å². The fraction of sp³-hybridized carbons (Fsp3) is 0.0625. The molecule has 2 aromatic carbocycles. The van der Waals surface area contributed by atoms with E-state index in [1.165, 1.54) is 25.2 Å². The minimum atomic E-state index is -0.727. The molecule has 1 aliphatic heterocycles. The molecule has 0 aliphatic carbocycles. The molecule has 9 nitrogen and oxygen atoms in total. The summed E-state index contributed by atoms with van der Waals surface area (Å²) in [7, 11) is 1.33. The zero-order valence-corrected chi connectivity index (χ0v) is 12.8. The van der Waals surface area contributed by atoms with Gasteiger partial charge in [0.15, 0.2) is 0 Å². The Hall–Kier alpha value is -3.75. The van der Waals surface area contributed by atoms with Crippen LogP contribution in [0.3, 0.4) is 0 Å². The third-order valence-electron chi connectivity index (χ3n) is 3.77. The van der Waals surface area contributed by atoms with Gasteiger partial charge in [-0.25, -0.2) is 0 Å². The number of carbonyl (C=O) groups is 3. The van der Waals surface area contributed by atoms with Crippen LogP contribution in [-0.4, -0.2) is 34.6 Å². The number of anilines is 1. The second kappa shape index (κ2) is 5.71. The fourth-order valence-electron chi connectivity index (χ4n) is 2.43.